The molecule has 1 heterocycles. The van der Waals surface area contributed by atoms with Crippen LogP contribution in [-0.2, 0) is 17.6 Å². The van der Waals surface area contributed by atoms with Crippen molar-refractivity contribution in [3.63, 3.8) is 0 Å². The van der Waals surface area contributed by atoms with Crippen LogP contribution in [0.25, 0.3) is 22.2 Å². The molecule has 0 amide bonds. The molecule has 0 spiro atoms. The number of fused-ring (bicyclic) bond motifs is 1. The molecule has 0 unspecified atom stereocenters. The Kier molecular flexibility index (Phi) is 5.80. The summed E-state index contributed by atoms with van der Waals surface area (Å²) < 4.78 is 11.9. The Morgan fingerprint density at radius 2 is 1.73 bits per heavy atom. The number of carboxylic acid groups (broad SMARTS) is 1. The van der Waals surface area contributed by atoms with Crippen molar-refractivity contribution in [1.82, 2.24) is 4.98 Å². The topological polar surface area (TPSA) is 72.6 Å². The lowest BCUT2D eigenvalue weighted by atomic mass is 10.0. The van der Waals surface area contributed by atoms with Crippen LogP contribution in [0, 0.1) is 6.92 Å². The van der Waals surface area contributed by atoms with Crippen LogP contribution in [0.1, 0.15) is 23.4 Å². The van der Waals surface area contributed by atoms with Gasteiger partial charge in [-0.3, -0.25) is 4.79 Å². The number of hydrogen-bond donors (Lipinski definition) is 1. The van der Waals surface area contributed by atoms with Crippen molar-refractivity contribution in [3.05, 3.63) is 83.7 Å². The average Bonchev–Trinajstić information content (AvgIpc) is 3.13. The van der Waals surface area contributed by atoms with E-state index in [4.69, 9.17) is 14.3 Å². The zero-order valence-corrected chi connectivity index (χ0v) is 16.8. The number of oxazole rings is 1. The Labute approximate surface area is 175 Å². The summed E-state index contributed by atoms with van der Waals surface area (Å²) in [6.45, 7) is 2.39. The van der Waals surface area contributed by atoms with Crippen LogP contribution in [0.4, 0.5) is 0 Å². The minimum atomic E-state index is -0.794. The molecule has 4 aromatic rings. The summed E-state index contributed by atoms with van der Waals surface area (Å²) in [7, 11) is 0. The Morgan fingerprint density at radius 3 is 2.53 bits per heavy atom. The lowest BCUT2D eigenvalue weighted by Gasteiger charge is -2.11. The molecule has 0 fully saturated rings. The maximum absolute atomic E-state index is 10.9. The number of carbonyl (C=O) groups is 1. The van der Waals surface area contributed by atoms with E-state index in [9.17, 15) is 4.79 Å². The van der Waals surface area contributed by atoms with E-state index in [1.165, 1.54) is 0 Å². The molecule has 3 aromatic carbocycles. The van der Waals surface area contributed by atoms with E-state index in [1.54, 1.807) is 0 Å². The van der Waals surface area contributed by atoms with Gasteiger partial charge in [0, 0.05) is 23.8 Å². The quantitative estimate of drug-likeness (QED) is 0.425. The van der Waals surface area contributed by atoms with E-state index in [1.807, 2.05) is 73.7 Å². The minimum Gasteiger partial charge on any atom is -0.493 e. The number of benzene rings is 3. The normalized spacial score (nSPS) is 11.0. The number of aryl methyl sites for hydroxylation is 2. The highest BCUT2D eigenvalue weighted by atomic mass is 16.5. The van der Waals surface area contributed by atoms with E-state index >= 15 is 0 Å². The van der Waals surface area contributed by atoms with Gasteiger partial charge in [-0.15, -0.1) is 0 Å². The van der Waals surface area contributed by atoms with Crippen molar-refractivity contribution in [1.29, 1.82) is 0 Å². The summed E-state index contributed by atoms with van der Waals surface area (Å²) in [6, 6.07) is 21.6. The molecule has 0 aliphatic rings. The third-order valence-corrected chi connectivity index (χ3v) is 5.09. The molecule has 0 bridgehead atoms. The van der Waals surface area contributed by atoms with Gasteiger partial charge in [0.05, 0.1) is 12.3 Å². The first kappa shape index (κ1) is 19.7. The summed E-state index contributed by atoms with van der Waals surface area (Å²) in [4.78, 5) is 15.6. The fourth-order valence-electron chi connectivity index (χ4n) is 3.55. The first-order valence-corrected chi connectivity index (χ1v) is 9.99. The summed E-state index contributed by atoms with van der Waals surface area (Å²) in [6.07, 6.45) is 1.24. The van der Waals surface area contributed by atoms with E-state index in [2.05, 4.69) is 4.98 Å². The van der Waals surface area contributed by atoms with Gasteiger partial charge >= 0.3 is 5.97 Å². The maximum atomic E-state index is 10.9. The van der Waals surface area contributed by atoms with Gasteiger partial charge in [0.2, 0.25) is 5.89 Å². The van der Waals surface area contributed by atoms with Crippen LogP contribution >= 0.6 is 0 Å². The second-order valence-corrected chi connectivity index (χ2v) is 7.15. The second-order valence-electron chi connectivity index (χ2n) is 7.15. The molecular formula is C25H23NO4. The van der Waals surface area contributed by atoms with E-state index in [0.717, 1.165) is 39.1 Å². The lowest BCUT2D eigenvalue weighted by Crippen LogP contribution is -2.03. The van der Waals surface area contributed by atoms with Gasteiger partial charge in [-0.2, -0.15) is 0 Å². The molecule has 30 heavy (non-hydrogen) atoms. The van der Waals surface area contributed by atoms with Crippen LogP contribution in [0.5, 0.6) is 5.75 Å². The third-order valence-electron chi connectivity index (χ3n) is 5.09. The van der Waals surface area contributed by atoms with Gasteiger partial charge in [-0.25, -0.2) is 4.98 Å². The molecular weight excluding hydrogens is 378 g/mol. The van der Waals surface area contributed by atoms with Gasteiger partial charge in [-0.1, -0.05) is 48.5 Å². The molecule has 0 saturated heterocycles. The molecule has 5 nitrogen and oxygen atoms in total. The van der Waals surface area contributed by atoms with Gasteiger partial charge in [0.15, 0.2) is 0 Å². The van der Waals surface area contributed by atoms with Crippen molar-refractivity contribution >= 4 is 16.7 Å². The number of hydrogen-bond acceptors (Lipinski definition) is 4. The van der Waals surface area contributed by atoms with Crippen LogP contribution in [0.2, 0.25) is 0 Å². The molecule has 0 aliphatic heterocycles. The van der Waals surface area contributed by atoms with Crippen LogP contribution in [0.3, 0.4) is 0 Å². The number of ether oxygens (including phenoxy) is 1. The van der Waals surface area contributed by atoms with Gasteiger partial charge < -0.3 is 14.3 Å². The fraction of sp³-hybridized carbons (Fsp3) is 0.200. The van der Waals surface area contributed by atoms with Gasteiger partial charge in [-0.05, 0) is 42.5 Å². The van der Waals surface area contributed by atoms with Gasteiger partial charge in [0.25, 0.3) is 0 Å². The first-order valence-electron chi connectivity index (χ1n) is 9.99. The predicted molar refractivity (Wildman–Crippen MR) is 116 cm³/mol. The summed E-state index contributed by atoms with van der Waals surface area (Å²) in [5, 5.41) is 11.0. The Morgan fingerprint density at radius 1 is 0.967 bits per heavy atom. The highest BCUT2D eigenvalue weighted by Crippen LogP contribution is 2.29. The van der Waals surface area contributed by atoms with Crippen LogP contribution < -0.4 is 4.74 Å². The predicted octanol–water partition coefficient (Wildman–Crippen LogP) is 5.44. The van der Waals surface area contributed by atoms with Crippen molar-refractivity contribution < 1.29 is 19.1 Å². The van der Waals surface area contributed by atoms with Crippen molar-refractivity contribution in [2.45, 2.75) is 26.2 Å². The first-order chi connectivity index (χ1) is 14.6. The van der Waals surface area contributed by atoms with Gasteiger partial charge in [0.1, 0.15) is 11.5 Å². The number of aromatic nitrogens is 1. The molecule has 1 aromatic heterocycles. The number of nitrogens with zero attached hydrogens (tertiary/aromatic N) is 1. The smallest absolute Gasteiger partial charge is 0.303 e. The maximum Gasteiger partial charge on any atom is 0.303 e. The number of aliphatic carboxylic acids is 1. The zero-order valence-electron chi connectivity index (χ0n) is 16.8. The largest absolute Gasteiger partial charge is 0.493 e. The molecule has 0 radical (unpaired) electrons. The minimum absolute atomic E-state index is 0.110. The third kappa shape index (κ3) is 4.35. The highest BCUT2D eigenvalue weighted by molar-refractivity contribution is 5.91. The molecule has 4 rings (SSSR count). The lowest BCUT2D eigenvalue weighted by molar-refractivity contribution is -0.136. The van der Waals surface area contributed by atoms with Crippen molar-refractivity contribution in [2.24, 2.45) is 0 Å². The van der Waals surface area contributed by atoms with E-state index < -0.39 is 5.97 Å². The molecule has 5 heteroatoms. The molecule has 0 saturated carbocycles. The zero-order chi connectivity index (χ0) is 20.9. The highest BCUT2D eigenvalue weighted by Gasteiger charge is 2.12. The molecule has 0 aliphatic carbocycles. The van der Waals surface area contributed by atoms with Crippen molar-refractivity contribution in [2.75, 3.05) is 6.61 Å². The van der Waals surface area contributed by atoms with Crippen LogP contribution in [-0.4, -0.2) is 22.7 Å². The fourth-order valence-corrected chi connectivity index (χ4v) is 3.55. The monoisotopic (exact) mass is 401 g/mol. The summed E-state index contributed by atoms with van der Waals surface area (Å²) in [5.41, 5.74) is 2.85. The second kappa shape index (κ2) is 8.82. The standard InChI is InChI=1S/C25H23NO4/c1-17-22(26-25(30-17)19-7-3-2-4-8-19)15-16-29-23-12-6-10-20-18(13-14-24(27)28)9-5-11-21(20)23/h2-12H,13-16H2,1H3,(H,27,28). The molecule has 0 atom stereocenters. The molecule has 152 valence electrons. The number of carboxylic acids is 1. The Hall–Kier alpha value is -3.60. The summed E-state index contributed by atoms with van der Waals surface area (Å²) in [5.74, 6) is 1.41. The SMILES string of the molecule is Cc1oc(-c2ccccc2)nc1CCOc1cccc2c(CCC(=O)O)cccc12. The average molecular weight is 401 g/mol. The Bertz CT molecular complexity index is 1160. The Balaban J connectivity index is 1.47. The number of rotatable bonds is 8. The summed E-state index contributed by atoms with van der Waals surface area (Å²) >= 11 is 0. The van der Waals surface area contributed by atoms with Crippen molar-refractivity contribution in [3.8, 4) is 17.2 Å². The van der Waals surface area contributed by atoms with Crippen LogP contribution in [0.15, 0.2) is 71.1 Å². The van der Waals surface area contributed by atoms with E-state index in [0.29, 0.717) is 25.3 Å². The van der Waals surface area contributed by atoms with E-state index in [-0.39, 0.29) is 6.42 Å². The molecule has 1 N–H and O–H groups in total.